The van der Waals surface area contributed by atoms with Gasteiger partial charge in [0.05, 0.1) is 11.0 Å². The third-order valence-corrected chi connectivity index (χ3v) is 5.52. The maximum atomic E-state index is 11.9. The van der Waals surface area contributed by atoms with E-state index in [0.29, 0.717) is 5.75 Å². The van der Waals surface area contributed by atoms with Crippen LogP contribution in [-0.2, 0) is 9.84 Å². The Bertz CT molecular complexity index is 338. The van der Waals surface area contributed by atoms with Gasteiger partial charge in [0.15, 0.2) is 9.84 Å². The van der Waals surface area contributed by atoms with Gasteiger partial charge in [-0.1, -0.05) is 12.0 Å². The zero-order chi connectivity index (χ0) is 12.2. The lowest BCUT2D eigenvalue weighted by Crippen LogP contribution is -2.49. The number of nitrogens with two attached hydrogens (primary N) is 1. The van der Waals surface area contributed by atoms with Crippen LogP contribution in [0.5, 0.6) is 0 Å². The molecule has 1 saturated heterocycles. The summed E-state index contributed by atoms with van der Waals surface area (Å²) in [4.78, 5) is 0. The first kappa shape index (κ1) is 13.7. The van der Waals surface area contributed by atoms with Crippen LogP contribution < -0.4 is 11.3 Å². The molecule has 1 heterocycles. The molecule has 0 aliphatic carbocycles. The number of rotatable bonds is 5. The molecule has 16 heavy (non-hydrogen) atoms. The molecule has 5 heteroatoms. The smallest absolute Gasteiger partial charge is 0.154 e. The Kier molecular flexibility index (Phi) is 4.95. The molecule has 0 aromatic rings. The normalized spacial score (nSPS) is 26.2. The summed E-state index contributed by atoms with van der Waals surface area (Å²) >= 11 is 0. The molecular weight excluding hydrogens is 224 g/mol. The maximum Gasteiger partial charge on any atom is 0.154 e. The highest BCUT2D eigenvalue weighted by atomic mass is 32.2. The quantitative estimate of drug-likeness (QED) is 0.433. The van der Waals surface area contributed by atoms with E-state index in [1.165, 1.54) is 0 Å². The molecule has 1 aliphatic rings. The number of nitrogens with one attached hydrogen (secondary N) is 1. The lowest BCUT2D eigenvalue weighted by atomic mass is 10.0. The molecular formula is C11H22N2O2S. The number of hydrogen-bond donors (Lipinski definition) is 2. The van der Waals surface area contributed by atoms with Crippen LogP contribution in [0.1, 0.15) is 39.0 Å². The molecule has 0 amide bonds. The van der Waals surface area contributed by atoms with Crippen molar-refractivity contribution in [1.82, 2.24) is 5.43 Å². The largest absolute Gasteiger partial charge is 0.271 e. The van der Waals surface area contributed by atoms with Crippen molar-refractivity contribution in [1.29, 1.82) is 0 Å². The fourth-order valence-electron chi connectivity index (χ4n) is 2.21. The van der Waals surface area contributed by atoms with Gasteiger partial charge >= 0.3 is 0 Å². The summed E-state index contributed by atoms with van der Waals surface area (Å²) in [6.45, 7) is 5.77. The number of sulfone groups is 1. The van der Waals surface area contributed by atoms with Gasteiger partial charge in [0.1, 0.15) is 0 Å². The summed E-state index contributed by atoms with van der Waals surface area (Å²) in [6, 6.07) is -0.137. The van der Waals surface area contributed by atoms with Crippen LogP contribution in [0.4, 0.5) is 0 Å². The highest BCUT2D eigenvalue weighted by Crippen LogP contribution is 2.24. The third kappa shape index (κ3) is 3.57. The summed E-state index contributed by atoms with van der Waals surface area (Å²) in [5.41, 5.74) is 3.73. The molecule has 2 atom stereocenters. The van der Waals surface area contributed by atoms with Gasteiger partial charge in [0, 0.05) is 6.04 Å². The summed E-state index contributed by atoms with van der Waals surface area (Å²) < 4.78 is 23.8. The molecule has 3 N–H and O–H groups in total. The van der Waals surface area contributed by atoms with Gasteiger partial charge in [-0.3, -0.25) is 11.3 Å². The first-order valence-electron chi connectivity index (χ1n) is 5.79. The van der Waals surface area contributed by atoms with E-state index in [1.54, 1.807) is 0 Å². The minimum Gasteiger partial charge on any atom is -0.271 e. The Labute approximate surface area is 98.2 Å². The zero-order valence-corrected chi connectivity index (χ0v) is 10.7. The second-order valence-corrected chi connectivity index (χ2v) is 7.01. The van der Waals surface area contributed by atoms with E-state index >= 15 is 0 Å². The Hall–Kier alpha value is -0.390. The van der Waals surface area contributed by atoms with Crippen molar-refractivity contribution >= 4 is 9.84 Å². The number of hydrogen-bond acceptors (Lipinski definition) is 4. The van der Waals surface area contributed by atoms with E-state index in [1.807, 2.05) is 6.92 Å². The topological polar surface area (TPSA) is 72.2 Å². The molecule has 2 unspecified atom stereocenters. The zero-order valence-electron chi connectivity index (χ0n) is 9.91. The van der Waals surface area contributed by atoms with Crippen LogP contribution in [0.2, 0.25) is 0 Å². The van der Waals surface area contributed by atoms with Gasteiger partial charge in [-0.25, -0.2) is 8.42 Å². The Morgan fingerprint density at radius 1 is 1.56 bits per heavy atom. The van der Waals surface area contributed by atoms with Crippen LogP contribution in [0.3, 0.4) is 0 Å². The van der Waals surface area contributed by atoms with Crippen molar-refractivity contribution in [3.05, 3.63) is 12.2 Å². The van der Waals surface area contributed by atoms with E-state index < -0.39 is 9.84 Å². The van der Waals surface area contributed by atoms with E-state index in [4.69, 9.17) is 5.84 Å². The molecule has 1 aliphatic heterocycles. The standard InChI is InChI=1S/C11H22N2O2S/c1-9(2)6-7-10(13-12)11-5-3-4-8-16(11,14)15/h10-11,13H,1,3-8,12H2,2H3. The first-order chi connectivity index (χ1) is 7.47. The summed E-state index contributed by atoms with van der Waals surface area (Å²) in [7, 11) is -2.95. The molecule has 0 radical (unpaired) electrons. The summed E-state index contributed by atoms with van der Waals surface area (Å²) in [5, 5.41) is -0.314. The monoisotopic (exact) mass is 246 g/mol. The Morgan fingerprint density at radius 3 is 2.75 bits per heavy atom. The van der Waals surface area contributed by atoms with Crippen molar-refractivity contribution in [3.8, 4) is 0 Å². The fraction of sp³-hybridized carbons (Fsp3) is 0.818. The molecule has 1 fully saturated rings. The molecule has 0 aromatic carbocycles. The fourth-order valence-corrected chi connectivity index (χ4v) is 4.36. The van der Waals surface area contributed by atoms with Crippen LogP contribution in [0.15, 0.2) is 12.2 Å². The van der Waals surface area contributed by atoms with Crippen molar-refractivity contribution in [2.75, 3.05) is 5.75 Å². The van der Waals surface area contributed by atoms with Crippen LogP contribution >= 0.6 is 0 Å². The van der Waals surface area contributed by atoms with Gasteiger partial charge in [-0.2, -0.15) is 0 Å². The van der Waals surface area contributed by atoms with Gasteiger partial charge in [-0.05, 0) is 32.6 Å². The Balaban J connectivity index is 2.67. The van der Waals surface area contributed by atoms with E-state index in [2.05, 4.69) is 12.0 Å². The van der Waals surface area contributed by atoms with Crippen LogP contribution in [0.25, 0.3) is 0 Å². The second-order valence-electron chi connectivity index (χ2n) is 4.67. The lowest BCUT2D eigenvalue weighted by molar-refractivity contribution is 0.423. The van der Waals surface area contributed by atoms with Gasteiger partial charge in [0.2, 0.25) is 0 Å². The minimum absolute atomic E-state index is 0.137. The summed E-state index contributed by atoms with van der Waals surface area (Å²) in [6.07, 6.45) is 4.07. The molecule has 0 saturated carbocycles. The molecule has 0 spiro atoms. The molecule has 1 rings (SSSR count). The minimum atomic E-state index is -2.95. The van der Waals surface area contributed by atoms with Gasteiger partial charge in [0.25, 0.3) is 0 Å². The summed E-state index contributed by atoms with van der Waals surface area (Å²) in [5.74, 6) is 5.78. The molecule has 4 nitrogen and oxygen atoms in total. The first-order valence-corrected chi connectivity index (χ1v) is 7.51. The molecule has 94 valence electrons. The lowest BCUT2D eigenvalue weighted by Gasteiger charge is -2.29. The number of hydrazine groups is 1. The van der Waals surface area contributed by atoms with Crippen molar-refractivity contribution < 1.29 is 8.42 Å². The predicted octanol–water partition coefficient (Wildman–Crippen LogP) is 1.14. The number of allylic oxidation sites excluding steroid dienone is 1. The average molecular weight is 246 g/mol. The van der Waals surface area contributed by atoms with Crippen LogP contribution in [0, 0.1) is 0 Å². The van der Waals surface area contributed by atoms with Gasteiger partial charge in [-0.15, -0.1) is 6.58 Å². The second kappa shape index (κ2) is 5.80. The molecule has 0 bridgehead atoms. The van der Waals surface area contributed by atoms with Crippen molar-refractivity contribution in [3.63, 3.8) is 0 Å². The average Bonchev–Trinajstić information content (AvgIpc) is 2.20. The highest BCUT2D eigenvalue weighted by Gasteiger charge is 2.34. The Morgan fingerprint density at radius 2 is 2.25 bits per heavy atom. The van der Waals surface area contributed by atoms with Crippen molar-refractivity contribution in [2.45, 2.75) is 50.3 Å². The predicted molar refractivity (Wildman–Crippen MR) is 66.6 cm³/mol. The van der Waals surface area contributed by atoms with Gasteiger partial charge < -0.3 is 0 Å². The molecule has 0 aromatic heterocycles. The van der Waals surface area contributed by atoms with E-state index in [0.717, 1.165) is 37.7 Å². The maximum absolute atomic E-state index is 11.9. The third-order valence-electron chi connectivity index (χ3n) is 3.17. The SMILES string of the molecule is C=C(C)CCC(NN)C1CCCCS1(=O)=O. The highest BCUT2D eigenvalue weighted by molar-refractivity contribution is 7.92. The van der Waals surface area contributed by atoms with E-state index in [-0.39, 0.29) is 11.3 Å². The van der Waals surface area contributed by atoms with Crippen LogP contribution in [-0.4, -0.2) is 25.5 Å². The van der Waals surface area contributed by atoms with Crippen molar-refractivity contribution in [2.24, 2.45) is 5.84 Å². The van der Waals surface area contributed by atoms with E-state index in [9.17, 15) is 8.42 Å².